The second kappa shape index (κ2) is 8.03. The van der Waals surface area contributed by atoms with Crippen molar-refractivity contribution in [2.45, 2.75) is 30.6 Å². The van der Waals surface area contributed by atoms with E-state index >= 15 is 0 Å². The number of thiazole rings is 1. The molecule has 146 valence electrons. The highest BCUT2D eigenvalue weighted by atomic mass is 32.2. The molecule has 0 spiro atoms. The van der Waals surface area contributed by atoms with Crippen LogP contribution in [0.1, 0.15) is 25.7 Å². The van der Waals surface area contributed by atoms with Gasteiger partial charge in [0.15, 0.2) is 0 Å². The number of sulfonamides is 1. The first-order chi connectivity index (χ1) is 13.6. The summed E-state index contributed by atoms with van der Waals surface area (Å²) in [6.45, 7) is 1.22. The average molecular weight is 414 g/mol. The van der Waals surface area contributed by atoms with Gasteiger partial charge in [0.25, 0.3) is 0 Å². The van der Waals surface area contributed by atoms with Crippen molar-refractivity contribution in [3.8, 4) is 21.8 Å². The molecule has 0 aliphatic carbocycles. The van der Waals surface area contributed by atoms with Gasteiger partial charge in [0, 0.05) is 35.3 Å². The van der Waals surface area contributed by atoms with Crippen LogP contribution < -0.4 is 5.73 Å². The summed E-state index contributed by atoms with van der Waals surface area (Å²) >= 11 is 1.53. The van der Waals surface area contributed by atoms with E-state index in [2.05, 4.69) is 4.98 Å². The van der Waals surface area contributed by atoms with Gasteiger partial charge >= 0.3 is 0 Å². The Morgan fingerprint density at radius 3 is 2.29 bits per heavy atom. The minimum atomic E-state index is -3.43. The van der Waals surface area contributed by atoms with Crippen molar-refractivity contribution < 1.29 is 8.42 Å². The van der Waals surface area contributed by atoms with Gasteiger partial charge in [0.2, 0.25) is 10.0 Å². The van der Waals surface area contributed by atoms with Crippen LogP contribution in [-0.2, 0) is 10.0 Å². The molecule has 0 saturated carbocycles. The van der Waals surface area contributed by atoms with E-state index in [0.717, 1.165) is 47.5 Å². The first-order valence-corrected chi connectivity index (χ1v) is 11.8. The number of nitrogens with two attached hydrogens (primary N) is 1. The van der Waals surface area contributed by atoms with Crippen LogP contribution in [-0.4, -0.2) is 30.8 Å². The van der Waals surface area contributed by atoms with Crippen molar-refractivity contribution in [3.05, 3.63) is 53.9 Å². The quantitative estimate of drug-likeness (QED) is 0.633. The fourth-order valence-electron chi connectivity index (χ4n) is 3.45. The number of hydrogen-bond donors (Lipinski definition) is 1. The molecule has 1 aromatic heterocycles. The monoisotopic (exact) mass is 413 g/mol. The molecule has 3 aromatic rings. The van der Waals surface area contributed by atoms with Gasteiger partial charge in [-0.15, -0.1) is 11.3 Å². The fraction of sp³-hybridized carbons (Fsp3) is 0.286. The van der Waals surface area contributed by atoms with Gasteiger partial charge in [-0.2, -0.15) is 4.31 Å². The molecule has 0 bridgehead atoms. The number of anilines is 1. The molecule has 1 aliphatic rings. The van der Waals surface area contributed by atoms with E-state index < -0.39 is 10.0 Å². The minimum Gasteiger partial charge on any atom is -0.398 e. The highest BCUT2D eigenvalue weighted by Crippen LogP contribution is 2.32. The molecule has 0 amide bonds. The van der Waals surface area contributed by atoms with Crippen LogP contribution in [0, 0.1) is 0 Å². The molecule has 1 aliphatic heterocycles. The van der Waals surface area contributed by atoms with Gasteiger partial charge in [0.1, 0.15) is 5.01 Å². The third-order valence-electron chi connectivity index (χ3n) is 5.05. The molecule has 5 nitrogen and oxygen atoms in total. The molecule has 0 radical (unpaired) electrons. The predicted molar refractivity (Wildman–Crippen MR) is 115 cm³/mol. The lowest BCUT2D eigenvalue weighted by molar-refractivity contribution is 0.424. The van der Waals surface area contributed by atoms with E-state index in [1.807, 2.05) is 41.8 Å². The van der Waals surface area contributed by atoms with Gasteiger partial charge in [-0.25, -0.2) is 13.4 Å². The Bertz CT molecular complexity index is 1050. The average Bonchev–Trinajstić information content (AvgIpc) is 3.02. The van der Waals surface area contributed by atoms with Gasteiger partial charge in [0.05, 0.1) is 10.6 Å². The van der Waals surface area contributed by atoms with Crippen molar-refractivity contribution in [3.63, 3.8) is 0 Å². The summed E-state index contributed by atoms with van der Waals surface area (Å²) in [7, 11) is -3.43. The molecular formula is C21H23N3O2S2. The van der Waals surface area contributed by atoms with E-state index in [0.29, 0.717) is 23.7 Å². The molecule has 1 saturated heterocycles. The highest BCUT2D eigenvalue weighted by Gasteiger charge is 2.25. The van der Waals surface area contributed by atoms with Gasteiger partial charge < -0.3 is 5.73 Å². The van der Waals surface area contributed by atoms with Crippen LogP contribution in [0.15, 0.2) is 58.8 Å². The number of benzene rings is 2. The summed E-state index contributed by atoms with van der Waals surface area (Å²) in [6.07, 6.45) is 4.06. The standard InChI is InChI=1S/C21H23N3O2S2/c22-19-8-4-3-7-18(19)21-23-20(15-27-21)16-9-11-17(12-10-16)28(25,26)24-13-5-1-2-6-14-24/h3-4,7-12,15H,1-2,5-6,13-14,22H2. The van der Waals surface area contributed by atoms with Gasteiger partial charge in [-0.05, 0) is 37.1 Å². The molecule has 0 unspecified atom stereocenters. The maximum atomic E-state index is 12.9. The second-order valence-corrected chi connectivity index (χ2v) is 9.76. The van der Waals surface area contributed by atoms with Crippen LogP contribution in [0.3, 0.4) is 0 Å². The van der Waals surface area contributed by atoms with Gasteiger partial charge in [-0.1, -0.05) is 37.1 Å². The Kier molecular flexibility index (Phi) is 5.48. The third-order valence-corrected chi connectivity index (χ3v) is 7.84. The molecule has 1 fully saturated rings. The van der Waals surface area contributed by atoms with E-state index in [1.54, 1.807) is 16.4 Å². The summed E-state index contributed by atoms with van der Waals surface area (Å²) in [6, 6.07) is 14.7. The summed E-state index contributed by atoms with van der Waals surface area (Å²) in [4.78, 5) is 5.03. The van der Waals surface area contributed by atoms with Crippen LogP contribution in [0.5, 0.6) is 0 Å². The van der Waals surface area contributed by atoms with Crippen molar-refractivity contribution in [1.29, 1.82) is 0 Å². The normalized spacial score (nSPS) is 16.0. The summed E-state index contributed by atoms with van der Waals surface area (Å²) in [5.41, 5.74) is 9.37. The second-order valence-electron chi connectivity index (χ2n) is 6.97. The van der Waals surface area contributed by atoms with E-state index in [1.165, 1.54) is 11.3 Å². The topological polar surface area (TPSA) is 76.3 Å². The SMILES string of the molecule is Nc1ccccc1-c1nc(-c2ccc(S(=O)(=O)N3CCCCCC3)cc2)cs1. The molecular weight excluding hydrogens is 390 g/mol. The zero-order valence-electron chi connectivity index (χ0n) is 15.5. The minimum absolute atomic E-state index is 0.348. The van der Waals surface area contributed by atoms with Crippen molar-refractivity contribution in [2.75, 3.05) is 18.8 Å². The Morgan fingerprint density at radius 2 is 1.61 bits per heavy atom. The molecule has 2 N–H and O–H groups in total. The smallest absolute Gasteiger partial charge is 0.243 e. The molecule has 0 atom stereocenters. The molecule has 2 heterocycles. The van der Waals surface area contributed by atoms with E-state index in [9.17, 15) is 8.42 Å². The first kappa shape index (κ1) is 19.1. The largest absolute Gasteiger partial charge is 0.398 e. The first-order valence-electron chi connectivity index (χ1n) is 9.47. The number of nitrogens with zero attached hydrogens (tertiary/aromatic N) is 2. The summed E-state index contributed by atoms with van der Waals surface area (Å²) < 4.78 is 27.4. The Balaban J connectivity index is 1.58. The number of para-hydroxylation sites is 1. The molecule has 4 rings (SSSR count). The lowest BCUT2D eigenvalue weighted by atomic mass is 10.1. The number of rotatable bonds is 4. The van der Waals surface area contributed by atoms with Crippen LogP contribution in [0.25, 0.3) is 21.8 Å². The predicted octanol–water partition coefficient (Wildman–Crippen LogP) is 4.62. The highest BCUT2D eigenvalue weighted by molar-refractivity contribution is 7.89. The maximum Gasteiger partial charge on any atom is 0.243 e. The van der Waals surface area contributed by atoms with Crippen molar-refractivity contribution in [1.82, 2.24) is 9.29 Å². The summed E-state index contributed by atoms with van der Waals surface area (Å²) in [5.74, 6) is 0. The number of hydrogen-bond acceptors (Lipinski definition) is 5. The van der Waals surface area contributed by atoms with Crippen LogP contribution in [0.4, 0.5) is 5.69 Å². The lowest BCUT2D eigenvalue weighted by Crippen LogP contribution is -2.31. The Morgan fingerprint density at radius 1 is 0.929 bits per heavy atom. The molecule has 7 heteroatoms. The van der Waals surface area contributed by atoms with Crippen molar-refractivity contribution in [2.24, 2.45) is 0 Å². The van der Waals surface area contributed by atoms with E-state index in [-0.39, 0.29) is 0 Å². The third kappa shape index (κ3) is 3.83. The van der Waals surface area contributed by atoms with Crippen LogP contribution in [0.2, 0.25) is 0 Å². The zero-order valence-corrected chi connectivity index (χ0v) is 17.2. The fourth-order valence-corrected chi connectivity index (χ4v) is 5.84. The van der Waals surface area contributed by atoms with E-state index in [4.69, 9.17) is 5.73 Å². The zero-order chi connectivity index (χ0) is 19.6. The number of nitrogen functional groups attached to an aromatic ring is 1. The molecule has 28 heavy (non-hydrogen) atoms. The summed E-state index contributed by atoms with van der Waals surface area (Å²) in [5, 5.41) is 2.83. The number of aromatic nitrogens is 1. The van der Waals surface area contributed by atoms with Crippen LogP contribution >= 0.6 is 11.3 Å². The lowest BCUT2D eigenvalue weighted by Gasteiger charge is -2.19. The molecule has 2 aromatic carbocycles. The Hall–Kier alpha value is -2.22. The maximum absolute atomic E-state index is 12.9. The van der Waals surface area contributed by atoms with Crippen molar-refractivity contribution >= 4 is 27.0 Å². The van der Waals surface area contributed by atoms with Gasteiger partial charge in [-0.3, -0.25) is 0 Å². The Labute approximate surface area is 169 Å².